The van der Waals surface area contributed by atoms with Crippen LogP contribution in [0.2, 0.25) is 5.02 Å². The van der Waals surface area contributed by atoms with E-state index in [0.717, 1.165) is 11.3 Å². The van der Waals surface area contributed by atoms with Crippen LogP contribution in [0.4, 0.5) is 11.8 Å². The van der Waals surface area contributed by atoms with Gasteiger partial charge in [-0.1, -0.05) is 48.0 Å². The van der Waals surface area contributed by atoms with Gasteiger partial charge in [0.05, 0.1) is 28.5 Å². The van der Waals surface area contributed by atoms with Crippen molar-refractivity contribution >= 4 is 34.3 Å². The van der Waals surface area contributed by atoms with E-state index in [2.05, 4.69) is 15.3 Å². The van der Waals surface area contributed by atoms with Crippen LogP contribution in [0.3, 0.4) is 0 Å². The Morgan fingerprint density at radius 2 is 1.94 bits per heavy atom. The number of anilines is 2. The average Bonchev–Trinajstić information content (AvgIpc) is 2.76. The van der Waals surface area contributed by atoms with Crippen LogP contribution in [0.25, 0.3) is 22.2 Å². The lowest BCUT2D eigenvalue weighted by Crippen LogP contribution is -2.23. The Morgan fingerprint density at radius 3 is 2.65 bits per heavy atom. The molecule has 3 N–H and O–H groups in total. The molecule has 0 aliphatic rings. The molecule has 0 aliphatic carbocycles. The summed E-state index contributed by atoms with van der Waals surface area (Å²) in [4.78, 5) is 21.7. The molecule has 31 heavy (non-hydrogen) atoms. The van der Waals surface area contributed by atoms with Crippen molar-refractivity contribution < 1.29 is 0 Å². The van der Waals surface area contributed by atoms with Crippen LogP contribution in [0.5, 0.6) is 0 Å². The van der Waals surface area contributed by atoms with Gasteiger partial charge in [-0.25, -0.2) is 4.98 Å². The predicted molar refractivity (Wildman–Crippen MR) is 123 cm³/mol. The van der Waals surface area contributed by atoms with Gasteiger partial charge in [0.25, 0.3) is 0 Å². The van der Waals surface area contributed by atoms with E-state index in [1.54, 1.807) is 18.2 Å². The number of para-hydroxylation sites is 1. The molecule has 4 rings (SSSR count). The predicted octanol–water partition coefficient (Wildman–Crippen LogP) is 4.28. The number of benzene rings is 2. The maximum atomic E-state index is 13.6. The van der Waals surface area contributed by atoms with Crippen molar-refractivity contribution in [3.63, 3.8) is 0 Å². The highest BCUT2D eigenvalue weighted by Gasteiger charge is 2.23. The Hall–Kier alpha value is -3.89. The highest BCUT2D eigenvalue weighted by molar-refractivity contribution is 6.35. The number of halogens is 1. The summed E-state index contributed by atoms with van der Waals surface area (Å²) in [6.45, 7) is 1.85. The molecule has 2 heterocycles. The van der Waals surface area contributed by atoms with Gasteiger partial charge in [0.2, 0.25) is 5.95 Å². The van der Waals surface area contributed by atoms with Crippen LogP contribution in [0, 0.1) is 11.3 Å². The average molecular weight is 431 g/mol. The maximum absolute atomic E-state index is 13.6. The molecule has 7 nitrogen and oxygen atoms in total. The van der Waals surface area contributed by atoms with E-state index in [4.69, 9.17) is 17.3 Å². The van der Waals surface area contributed by atoms with Gasteiger partial charge in [-0.05, 0) is 24.6 Å². The van der Waals surface area contributed by atoms with E-state index < -0.39 is 6.04 Å². The number of nitrogens with two attached hydrogens (primary N) is 1. The van der Waals surface area contributed by atoms with Gasteiger partial charge in [-0.15, -0.1) is 0 Å². The molecule has 0 saturated carbocycles. The number of rotatable bonds is 4. The molecule has 0 radical (unpaired) electrons. The van der Waals surface area contributed by atoms with E-state index in [1.807, 2.05) is 54.9 Å². The van der Waals surface area contributed by atoms with E-state index in [9.17, 15) is 10.1 Å². The van der Waals surface area contributed by atoms with Gasteiger partial charge in [-0.3, -0.25) is 4.79 Å². The number of pyridine rings is 1. The molecular formula is C23H19ClN6O. The van der Waals surface area contributed by atoms with Crippen LogP contribution in [0.1, 0.15) is 24.1 Å². The maximum Gasteiger partial charge on any atom is 0.222 e. The molecular weight excluding hydrogens is 412 g/mol. The first-order chi connectivity index (χ1) is 14.9. The third-order valence-corrected chi connectivity index (χ3v) is 5.47. The molecule has 0 bridgehead atoms. The summed E-state index contributed by atoms with van der Waals surface area (Å²) in [6, 6.07) is 16.5. The second kappa shape index (κ2) is 8.09. The molecule has 0 saturated heterocycles. The molecule has 2 aromatic heterocycles. The molecule has 0 fully saturated rings. The van der Waals surface area contributed by atoms with Gasteiger partial charge >= 0.3 is 0 Å². The normalized spacial score (nSPS) is 11.8. The summed E-state index contributed by atoms with van der Waals surface area (Å²) < 4.78 is 1.93. The fraction of sp³-hybridized carbons (Fsp3) is 0.130. The van der Waals surface area contributed by atoms with Crippen molar-refractivity contribution in [2.45, 2.75) is 13.0 Å². The van der Waals surface area contributed by atoms with Crippen molar-refractivity contribution in [3.05, 3.63) is 81.1 Å². The molecule has 0 amide bonds. The quantitative estimate of drug-likeness (QED) is 0.500. The minimum absolute atomic E-state index is 0.0372. The summed E-state index contributed by atoms with van der Waals surface area (Å²) in [6.07, 6.45) is 1.35. The molecule has 8 heteroatoms. The molecule has 0 spiro atoms. The third-order valence-electron chi connectivity index (χ3n) is 5.16. The monoisotopic (exact) mass is 430 g/mol. The van der Waals surface area contributed by atoms with Crippen molar-refractivity contribution in [2.75, 3.05) is 11.1 Å². The lowest BCUT2D eigenvalue weighted by Gasteiger charge is -2.23. The van der Waals surface area contributed by atoms with E-state index in [0.29, 0.717) is 21.5 Å². The zero-order valence-corrected chi connectivity index (χ0v) is 17.7. The zero-order valence-electron chi connectivity index (χ0n) is 16.9. The first-order valence-corrected chi connectivity index (χ1v) is 9.95. The van der Waals surface area contributed by atoms with E-state index in [-0.39, 0.29) is 22.8 Å². The number of nitrogens with zero attached hydrogens (tertiary/aromatic N) is 4. The Morgan fingerprint density at radius 1 is 1.19 bits per heavy atom. The first-order valence-electron chi connectivity index (χ1n) is 9.58. The summed E-state index contributed by atoms with van der Waals surface area (Å²) >= 11 is 6.47. The Kier molecular flexibility index (Phi) is 5.32. The van der Waals surface area contributed by atoms with Crippen molar-refractivity contribution in [1.29, 1.82) is 5.26 Å². The molecule has 1 atom stereocenters. The number of nitrogens with one attached hydrogen (secondary N) is 1. The Labute approximate surface area is 183 Å². The number of aryl methyl sites for hydroxylation is 1. The standard InChI is InChI=1S/C23H19ClN6O/c1-13(28-22-15(11-25)12-27-23(26)29-22)18-19(14-7-4-3-5-8-14)30(2)20-16(21(18)31)9-6-10-17(20)24/h3-10,12-13H,1-2H3,(H3,26,27,28,29). The number of nitriles is 1. The fourth-order valence-electron chi connectivity index (χ4n) is 3.80. The van der Waals surface area contributed by atoms with Gasteiger partial charge in [0, 0.05) is 18.0 Å². The first kappa shape index (κ1) is 20.4. The SMILES string of the molecule is CC(Nc1nc(N)ncc1C#N)c1c(-c2ccccc2)n(C)c2c(Cl)cccc2c1=O. The van der Waals surface area contributed by atoms with Crippen LogP contribution < -0.4 is 16.5 Å². The lowest BCUT2D eigenvalue weighted by atomic mass is 9.97. The second-order valence-corrected chi connectivity index (χ2v) is 7.53. The second-order valence-electron chi connectivity index (χ2n) is 7.12. The summed E-state index contributed by atoms with van der Waals surface area (Å²) in [5.74, 6) is 0.310. The largest absolute Gasteiger partial charge is 0.368 e. The third kappa shape index (κ3) is 3.58. The topological polar surface area (TPSA) is 110 Å². The number of hydrogen-bond acceptors (Lipinski definition) is 6. The van der Waals surface area contributed by atoms with Crippen molar-refractivity contribution in [2.24, 2.45) is 7.05 Å². The van der Waals surface area contributed by atoms with Crippen LogP contribution >= 0.6 is 11.6 Å². The van der Waals surface area contributed by atoms with Crippen LogP contribution in [-0.4, -0.2) is 14.5 Å². The van der Waals surface area contributed by atoms with Gasteiger partial charge in [-0.2, -0.15) is 10.2 Å². The number of fused-ring (bicyclic) bond motifs is 1. The van der Waals surface area contributed by atoms with Crippen molar-refractivity contribution in [3.8, 4) is 17.3 Å². The molecule has 2 aromatic carbocycles. The molecule has 0 aliphatic heterocycles. The number of aromatic nitrogens is 3. The highest BCUT2D eigenvalue weighted by atomic mass is 35.5. The zero-order chi connectivity index (χ0) is 22.1. The number of nitrogen functional groups attached to an aromatic ring is 1. The van der Waals surface area contributed by atoms with Crippen LogP contribution in [-0.2, 0) is 7.05 Å². The molecule has 4 aromatic rings. The Bertz CT molecular complexity index is 1390. The van der Waals surface area contributed by atoms with Gasteiger partial charge < -0.3 is 15.6 Å². The van der Waals surface area contributed by atoms with E-state index >= 15 is 0 Å². The molecule has 154 valence electrons. The smallest absolute Gasteiger partial charge is 0.222 e. The van der Waals surface area contributed by atoms with E-state index in [1.165, 1.54) is 6.20 Å². The summed E-state index contributed by atoms with van der Waals surface area (Å²) in [7, 11) is 1.88. The molecule has 1 unspecified atom stereocenters. The summed E-state index contributed by atoms with van der Waals surface area (Å²) in [5.41, 5.74) is 8.60. The minimum Gasteiger partial charge on any atom is -0.368 e. The van der Waals surface area contributed by atoms with Gasteiger partial charge in [0.15, 0.2) is 5.43 Å². The van der Waals surface area contributed by atoms with Crippen LogP contribution in [0.15, 0.2) is 59.5 Å². The van der Waals surface area contributed by atoms with Gasteiger partial charge in [0.1, 0.15) is 17.5 Å². The number of hydrogen-bond donors (Lipinski definition) is 2. The fourth-order valence-corrected chi connectivity index (χ4v) is 4.10. The minimum atomic E-state index is -0.487. The summed E-state index contributed by atoms with van der Waals surface area (Å²) in [5, 5.41) is 13.6. The van der Waals surface area contributed by atoms with Crippen molar-refractivity contribution in [1.82, 2.24) is 14.5 Å². The lowest BCUT2D eigenvalue weighted by molar-refractivity contribution is 0.836. The highest BCUT2D eigenvalue weighted by Crippen LogP contribution is 2.33. The Balaban J connectivity index is 1.99.